The second kappa shape index (κ2) is 9.00. The Balaban J connectivity index is 0.896. The third-order valence-electron chi connectivity index (χ3n) is 10.9. The Kier molecular flexibility index (Phi) is 5.43. The van der Waals surface area contributed by atoms with Crippen molar-refractivity contribution < 1.29 is 43.0 Å². The van der Waals surface area contributed by atoms with E-state index in [0.717, 1.165) is 0 Å². The molecule has 0 aromatic carbocycles. The van der Waals surface area contributed by atoms with E-state index < -0.39 is 35.5 Å². The van der Waals surface area contributed by atoms with Crippen molar-refractivity contribution in [2.45, 2.75) is 36.6 Å². The van der Waals surface area contributed by atoms with Crippen LogP contribution in [0.5, 0.6) is 0 Å². The summed E-state index contributed by atoms with van der Waals surface area (Å²) in [7, 11) is 0. The maximum Gasteiger partial charge on any atom is 0.236 e. The molecule has 6 fully saturated rings. The fraction of sp³-hybridized carbons (Fsp3) is 0.600. The molecule has 224 valence electrons. The molecule has 0 spiro atoms. The van der Waals surface area contributed by atoms with Crippen LogP contribution in [0.3, 0.4) is 0 Å². The normalized spacial score (nSPS) is 44.2. The molecule has 12 unspecified atom stereocenters. The van der Waals surface area contributed by atoms with Crippen LogP contribution >= 0.6 is 0 Å². The van der Waals surface area contributed by atoms with E-state index in [2.05, 4.69) is 0 Å². The first-order valence-electron chi connectivity index (χ1n) is 15.1. The van der Waals surface area contributed by atoms with Crippen LogP contribution in [0.1, 0.15) is 0 Å². The summed E-state index contributed by atoms with van der Waals surface area (Å²) in [5, 5.41) is 0. The topological polar surface area (TPSA) is 143 Å². The summed E-state index contributed by atoms with van der Waals surface area (Å²) in [5.41, 5.74) is 0. The number of rotatable bonds is 9. The molecule has 6 amide bonds. The van der Waals surface area contributed by atoms with Crippen molar-refractivity contribution in [3.05, 3.63) is 36.5 Å². The number of imide groups is 3. The number of hydrogen-bond donors (Lipinski definition) is 0. The number of carbonyl (C=O) groups excluding carboxylic acids is 6. The van der Waals surface area contributed by atoms with E-state index in [1.54, 1.807) is 0 Å². The fourth-order valence-electron chi connectivity index (χ4n) is 8.82. The largest absolute Gasteiger partial charge is 0.365 e. The Bertz CT molecular complexity index is 1210. The Morgan fingerprint density at radius 2 is 0.628 bits per heavy atom. The number of ether oxygens (including phenoxy) is 3. The van der Waals surface area contributed by atoms with Gasteiger partial charge in [0.1, 0.15) is 0 Å². The average Bonchev–Trinajstić information content (AvgIpc) is 3.85. The van der Waals surface area contributed by atoms with Crippen LogP contribution in [0, 0.1) is 35.5 Å². The number of fused-ring (bicyclic) bond motifs is 15. The molecule has 9 rings (SSSR count). The molecule has 0 aliphatic carbocycles. The maximum absolute atomic E-state index is 13.2. The minimum Gasteiger partial charge on any atom is -0.365 e. The number of hydrogen-bond acceptors (Lipinski definition) is 10. The summed E-state index contributed by atoms with van der Waals surface area (Å²) in [5.74, 6) is -4.58. The van der Waals surface area contributed by atoms with Crippen LogP contribution in [-0.2, 0) is 43.0 Å². The van der Waals surface area contributed by atoms with E-state index in [9.17, 15) is 28.8 Å². The summed E-state index contributed by atoms with van der Waals surface area (Å²) in [4.78, 5) is 85.0. The highest BCUT2D eigenvalue weighted by Crippen LogP contribution is 2.47. The third-order valence-corrected chi connectivity index (χ3v) is 10.9. The Labute approximate surface area is 246 Å². The zero-order valence-electron chi connectivity index (χ0n) is 23.1. The highest BCUT2D eigenvalue weighted by molar-refractivity contribution is 6.08. The fourth-order valence-corrected chi connectivity index (χ4v) is 8.82. The third kappa shape index (κ3) is 3.41. The van der Waals surface area contributed by atoms with Gasteiger partial charge in [-0.05, 0) is 0 Å². The van der Waals surface area contributed by atoms with Gasteiger partial charge in [-0.25, -0.2) is 0 Å². The molecule has 9 aliphatic heterocycles. The van der Waals surface area contributed by atoms with Crippen molar-refractivity contribution >= 4 is 35.4 Å². The molecule has 0 saturated carbocycles. The quantitative estimate of drug-likeness (QED) is 0.221. The van der Waals surface area contributed by atoms with Crippen molar-refractivity contribution in [3.8, 4) is 0 Å². The van der Waals surface area contributed by atoms with E-state index in [1.807, 2.05) is 41.4 Å². The minimum atomic E-state index is -0.508. The summed E-state index contributed by atoms with van der Waals surface area (Å²) in [6, 6.07) is 0. The van der Waals surface area contributed by atoms with Gasteiger partial charge < -0.3 is 14.2 Å². The van der Waals surface area contributed by atoms with E-state index in [0.29, 0.717) is 0 Å². The maximum atomic E-state index is 13.2. The number of carbonyl (C=O) groups is 6. The van der Waals surface area contributed by atoms with Gasteiger partial charge >= 0.3 is 0 Å². The second-order valence-corrected chi connectivity index (χ2v) is 12.8. The van der Waals surface area contributed by atoms with Crippen LogP contribution in [0.25, 0.3) is 0 Å². The van der Waals surface area contributed by atoms with Gasteiger partial charge in [0.05, 0.1) is 72.1 Å². The molecule has 6 bridgehead atoms. The van der Waals surface area contributed by atoms with E-state index in [4.69, 9.17) is 14.2 Å². The Morgan fingerprint density at radius 1 is 0.419 bits per heavy atom. The van der Waals surface area contributed by atoms with Crippen LogP contribution in [-0.4, -0.2) is 131 Å². The van der Waals surface area contributed by atoms with Crippen LogP contribution in [0.4, 0.5) is 0 Å². The number of amides is 6. The number of nitrogens with zero attached hydrogens (tertiary/aromatic N) is 4. The van der Waals surface area contributed by atoms with Crippen molar-refractivity contribution in [3.63, 3.8) is 0 Å². The lowest BCUT2D eigenvalue weighted by molar-refractivity contribution is -0.143. The molecule has 43 heavy (non-hydrogen) atoms. The molecule has 0 N–H and O–H groups in total. The lowest BCUT2D eigenvalue weighted by Crippen LogP contribution is -2.47. The highest BCUT2D eigenvalue weighted by Gasteiger charge is 2.63. The van der Waals surface area contributed by atoms with E-state index in [1.165, 1.54) is 14.7 Å². The Hall–Kier alpha value is -3.52. The van der Waals surface area contributed by atoms with Gasteiger partial charge in [0.2, 0.25) is 35.4 Å². The van der Waals surface area contributed by atoms with Gasteiger partial charge in [-0.1, -0.05) is 36.5 Å². The van der Waals surface area contributed by atoms with Gasteiger partial charge in [-0.3, -0.25) is 48.4 Å². The predicted octanol–water partition coefficient (Wildman–Crippen LogP) is -1.90. The molecule has 13 heteroatoms. The molecule has 6 saturated heterocycles. The highest BCUT2D eigenvalue weighted by atomic mass is 16.5. The lowest BCUT2D eigenvalue weighted by Gasteiger charge is -2.29. The first-order chi connectivity index (χ1) is 20.8. The van der Waals surface area contributed by atoms with Crippen molar-refractivity contribution in [1.82, 2.24) is 19.6 Å². The second-order valence-electron chi connectivity index (χ2n) is 12.8. The summed E-state index contributed by atoms with van der Waals surface area (Å²) in [6.07, 6.45) is 8.74. The average molecular weight is 591 g/mol. The summed E-state index contributed by atoms with van der Waals surface area (Å²) < 4.78 is 17.2. The molecule has 13 nitrogen and oxygen atoms in total. The lowest BCUT2D eigenvalue weighted by atomic mass is 9.85. The van der Waals surface area contributed by atoms with Gasteiger partial charge in [0, 0.05) is 39.3 Å². The van der Waals surface area contributed by atoms with E-state index >= 15 is 0 Å². The molecule has 9 aliphatic rings. The first kappa shape index (κ1) is 25.9. The molecule has 12 atom stereocenters. The summed E-state index contributed by atoms with van der Waals surface area (Å²) >= 11 is 0. The van der Waals surface area contributed by atoms with Crippen LogP contribution < -0.4 is 0 Å². The Morgan fingerprint density at radius 3 is 0.837 bits per heavy atom. The van der Waals surface area contributed by atoms with Gasteiger partial charge in [0.15, 0.2) is 0 Å². The van der Waals surface area contributed by atoms with Crippen molar-refractivity contribution in [2.24, 2.45) is 35.5 Å². The summed E-state index contributed by atoms with van der Waals surface area (Å²) in [6.45, 7) is 1.15. The van der Waals surface area contributed by atoms with Gasteiger partial charge in [-0.15, -0.1) is 0 Å². The smallest absolute Gasteiger partial charge is 0.236 e. The van der Waals surface area contributed by atoms with Crippen LogP contribution in [0.2, 0.25) is 0 Å². The van der Waals surface area contributed by atoms with Crippen molar-refractivity contribution in [2.75, 3.05) is 39.3 Å². The molecular formula is C30H30N4O9. The molecule has 0 radical (unpaired) electrons. The van der Waals surface area contributed by atoms with E-state index in [-0.39, 0.29) is 111 Å². The monoisotopic (exact) mass is 590 g/mol. The van der Waals surface area contributed by atoms with Gasteiger partial charge in [-0.2, -0.15) is 0 Å². The standard InChI is InChI=1S/C30H30N4O9/c35-25-19-13-1-2-14(41-13)20(19)26(36)32(25)10-7-31(8-11-33-27(37)21-15-3-4-16(42-15)22(21)28(33)38)9-12-34-29(39)23-17-5-6-18(43-17)24(23)30(34)40/h1-6,13-24H,7-12H2. The molecular weight excluding hydrogens is 560 g/mol. The molecule has 0 aromatic rings. The SMILES string of the molecule is O=C1C2C3C=CC(O3)C2C(=O)N1CCN(CCN1C(=O)C2C3C=CC(O3)C2C1=O)CCN1C(=O)C2C3C=CC(O3)C2C1=O. The zero-order valence-corrected chi connectivity index (χ0v) is 23.1. The van der Waals surface area contributed by atoms with Crippen LogP contribution in [0.15, 0.2) is 36.5 Å². The first-order valence-corrected chi connectivity index (χ1v) is 15.1. The van der Waals surface area contributed by atoms with Gasteiger partial charge in [0.25, 0.3) is 0 Å². The molecule has 0 aromatic heterocycles. The predicted molar refractivity (Wildman–Crippen MR) is 141 cm³/mol. The zero-order chi connectivity index (χ0) is 29.3. The number of likely N-dealkylation sites (tertiary alicyclic amines) is 3. The molecule has 9 heterocycles. The minimum absolute atomic E-state index is 0.119. The van der Waals surface area contributed by atoms with Crippen molar-refractivity contribution in [1.29, 1.82) is 0 Å².